The van der Waals surface area contributed by atoms with E-state index >= 15 is 0 Å². The number of piperidine rings is 1. The predicted octanol–water partition coefficient (Wildman–Crippen LogP) is -0.554. The first-order valence-electron chi connectivity index (χ1n) is 8.18. The van der Waals surface area contributed by atoms with Gasteiger partial charge in [-0.2, -0.15) is 0 Å². The van der Waals surface area contributed by atoms with Crippen molar-refractivity contribution in [2.24, 2.45) is 0 Å². The van der Waals surface area contributed by atoms with Gasteiger partial charge in [0.15, 0.2) is 0 Å². The molecule has 10 heteroatoms. The Bertz CT molecular complexity index is 608. The number of hydrogen-bond acceptors (Lipinski definition) is 3. The molecular formula is C15H17B7N2O. The number of rotatable bonds is 5. The van der Waals surface area contributed by atoms with Crippen molar-refractivity contribution in [1.82, 2.24) is 5.32 Å². The molecule has 0 spiro atoms. The Hall–Kier alpha value is -0.765. The van der Waals surface area contributed by atoms with Crippen LogP contribution in [0.1, 0.15) is 29.9 Å². The minimum Gasteiger partial charge on any atom is -0.499 e. The molecule has 1 saturated heterocycles. The molecule has 114 valence electrons. The first kappa shape index (κ1) is 20.5. The molecule has 0 aliphatic carbocycles. The lowest BCUT2D eigenvalue weighted by Crippen LogP contribution is -2.59. The van der Waals surface area contributed by atoms with E-state index in [0.717, 1.165) is 37.1 Å². The van der Waals surface area contributed by atoms with Crippen molar-refractivity contribution in [3.8, 4) is 5.75 Å². The average Bonchev–Trinajstić information content (AvgIpc) is 2.48. The molecule has 1 heterocycles. The van der Waals surface area contributed by atoms with Crippen LogP contribution < -0.4 is 15.8 Å². The Balaban J connectivity index is 2.44. The highest BCUT2D eigenvalue weighted by atomic mass is 16.5. The highest BCUT2D eigenvalue weighted by Crippen LogP contribution is 2.45. The molecule has 3 N–H and O–H groups in total. The van der Waals surface area contributed by atoms with Crippen LogP contribution in [0.15, 0.2) is 12.1 Å². The van der Waals surface area contributed by atoms with Gasteiger partial charge >= 0.3 is 0 Å². The summed E-state index contributed by atoms with van der Waals surface area (Å²) in [6.07, 6.45) is 2.00. The molecule has 1 aromatic carbocycles. The molecule has 1 fully saturated rings. The zero-order valence-electron chi connectivity index (χ0n) is 14.6. The van der Waals surface area contributed by atoms with E-state index < -0.39 is 15.7 Å². The van der Waals surface area contributed by atoms with E-state index in [2.05, 4.69) is 5.32 Å². The molecule has 0 bridgehead atoms. The van der Waals surface area contributed by atoms with Crippen LogP contribution in [-0.4, -0.2) is 73.5 Å². The summed E-state index contributed by atoms with van der Waals surface area (Å²) < 4.78 is 5.74. The molecule has 25 heavy (non-hydrogen) atoms. The van der Waals surface area contributed by atoms with Crippen LogP contribution in [0.3, 0.4) is 0 Å². The lowest BCUT2D eigenvalue weighted by molar-refractivity contribution is 0.159. The van der Waals surface area contributed by atoms with Gasteiger partial charge in [-0.15, -0.1) is 10.2 Å². The van der Waals surface area contributed by atoms with Crippen LogP contribution in [0.2, 0.25) is 10.2 Å². The third-order valence-corrected chi connectivity index (χ3v) is 4.73. The summed E-state index contributed by atoms with van der Waals surface area (Å²) in [6, 6.07) is 3.60. The lowest BCUT2D eigenvalue weighted by atomic mass is 9.19. The fraction of sp³-hybridized carbons (Fsp3) is 0.600. The molecule has 1 aliphatic heterocycles. The summed E-state index contributed by atoms with van der Waals surface area (Å²) in [7, 11) is 40.4. The number of nitrogen functional groups attached to an aromatic ring is 1. The van der Waals surface area contributed by atoms with E-state index in [0.29, 0.717) is 11.6 Å². The topological polar surface area (TPSA) is 47.3 Å². The van der Waals surface area contributed by atoms with Gasteiger partial charge in [-0.25, -0.2) is 0 Å². The third kappa shape index (κ3) is 4.15. The second-order valence-electron chi connectivity index (χ2n) is 6.97. The quantitative estimate of drug-likeness (QED) is 0.566. The average molecular weight is 317 g/mol. The number of ether oxygens (including phenoxy) is 1. The highest BCUT2D eigenvalue weighted by Gasteiger charge is 2.45. The van der Waals surface area contributed by atoms with Gasteiger partial charge in [0.1, 0.15) is 13.6 Å². The first-order valence-corrected chi connectivity index (χ1v) is 8.18. The van der Waals surface area contributed by atoms with Crippen molar-refractivity contribution in [3.63, 3.8) is 0 Å². The van der Waals surface area contributed by atoms with Crippen molar-refractivity contribution in [3.05, 3.63) is 23.3 Å². The molecule has 3 nitrogen and oxygen atoms in total. The van der Waals surface area contributed by atoms with Gasteiger partial charge in [0.2, 0.25) is 0 Å². The Labute approximate surface area is 160 Å². The molecule has 14 radical (unpaired) electrons. The number of nitrogens with two attached hydrogens (primary N) is 1. The van der Waals surface area contributed by atoms with Crippen molar-refractivity contribution in [1.29, 1.82) is 0 Å². The van der Waals surface area contributed by atoms with Gasteiger partial charge in [0.25, 0.3) is 0 Å². The number of benzene rings is 1. The monoisotopic (exact) mass is 318 g/mol. The summed E-state index contributed by atoms with van der Waals surface area (Å²) >= 11 is 0. The predicted molar refractivity (Wildman–Crippen MR) is 109 cm³/mol. The van der Waals surface area contributed by atoms with E-state index in [9.17, 15) is 0 Å². The summed E-state index contributed by atoms with van der Waals surface area (Å²) in [6.45, 7) is 3.88. The summed E-state index contributed by atoms with van der Waals surface area (Å²) in [5, 5.41) is -0.894. The van der Waals surface area contributed by atoms with Crippen LogP contribution in [0.25, 0.3) is 0 Å². The Morgan fingerprint density at radius 1 is 1.00 bits per heavy atom. The van der Waals surface area contributed by atoms with E-state index in [1.54, 1.807) is 12.1 Å². The van der Waals surface area contributed by atoms with Crippen LogP contribution in [0, 0.1) is 6.92 Å². The van der Waals surface area contributed by atoms with Crippen molar-refractivity contribution < 1.29 is 4.74 Å². The zero-order chi connectivity index (χ0) is 19.0. The van der Waals surface area contributed by atoms with Crippen molar-refractivity contribution in [2.45, 2.75) is 41.4 Å². The molecule has 0 saturated carbocycles. The van der Waals surface area contributed by atoms with Crippen molar-refractivity contribution in [2.75, 3.05) is 18.8 Å². The SMILES string of the molecule is [B]C([B])([B])C([B])(Oc1cc(C2CCNCC2)c(C)cc1N)C([B])([B])[B]. The third-order valence-electron chi connectivity index (χ3n) is 4.73. The van der Waals surface area contributed by atoms with E-state index in [4.69, 9.17) is 65.4 Å². The van der Waals surface area contributed by atoms with Gasteiger partial charge in [-0.1, -0.05) is 0 Å². The van der Waals surface area contributed by atoms with E-state index in [-0.39, 0.29) is 5.75 Å². The molecule has 0 amide bonds. The van der Waals surface area contributed by atoms with Gasteiger partial charge in [-0.3, -0.25) is 0 Å². The summed E-state index contributed by atoms with van der Waals surface area (Å²) in [4.78, 5) is 0. The van der Waals surface area contributed by atoms with Gasteiger partial charge < -0.3 is 15.8 Å². The maximum atomic E-state index is 6.08. The van der Waals surface area contributed by atoms with Gasteiger partial charge in [-0.05, 0) is 62.0 Å². The molecule has 0 unspecified atom stereocenters. The van der Waals surface area contributed by atoms with Gasteiger partial charge in [0.05, 0.1) is 52.8 Å². The zero-order valence-corrected chi connectivity index (χ0v) is 14.6. The molecule has 0 atom stereocenters. The largest absolute Gasteiger partial charge is 0.499 e. The maximum absolute atomic E-state index is 6.08. The van der Waals surface area contributed by atoms with E-state index in [1.165, 1.54) is 0 Å². The second-order valence-corrected chi connectivity index (χ2v) is 6.97. The second kappa shape index (κ2) is 7.10. The fourth-order valence-electron chi connectivity index (χ4n) is 3.11. The van der Waals surface area contributed by atoms with E-state index in [1.807, 2.05) is 6.92 Å². The fourth-order valence-corrected chi connectivity index (χ4v) is 3.11. The Kier molecular flexibility index (Phi) is 5.83. The highest BCUT2D eigenvalue weighted by molar-refractivity contribution is 6.69. The molecule has 1 aromatic rings. The van der Waals surface area contributed by atoms with Crippen LogP contribution >= 0.6 is 0 Å². The minimum absolute atomic E-state index is 0.234. The van der Waals surface area contributed by atoms with Gasteiger partial charge in [0, 0.05) is 5.50 Å². The first-order chi connectivity index (χ1) is 11.4. The van der Waals surface area contributed by atoms with Crippen LogP contribution in [0.4, 0.5) is 5.69 Å². The standard InChI is InChI=1S/C15H17B7N2O/c1-8-6-11(23)12(7-10(8)9-2-4-24-5-3-9)25-13(16,14(17,18)19)15(20,21)22/h6-7,9,24H,2-5,23H2,1H3. The van der Waals surface area contributed by atoms with Crippen LogP contribution in [0.5, 0.6) is 5.75 Å². The maximum Gasteiger partial charge on any atom is 0.141 e. The summed E-state index contributed by atoms with van der Waals surface area (Å²) in [5.74, 6) is 0.603. The lowest BCUT2D eigenvalue weighted by Gasteiger charge is -2.54. The Morgan fingerprint density at radius 2 is 1.52 bits per heavy atom. The number of anilines is 1. The molecular weight excluding hydrogens is 300 g/mol. The molecule has 2 rings (SSSR count). The summed E-state index contributed by atoms with van der Waals surface area (Å²) in [5.41, 5.74) is 6.39. The number of aryl methyl sites for hydroxylation is 1. The smallest absolute Gasteiger partial charge is 0.141 e. The Morgan fingerprint density at radius 3 is 2.00 bits per heavy atom. The minimum atomic E-state index is -2.17. The molecule has 1 aliphatic rings. The normalized spacial score (nSPS) is 17.3. The van der Waals surface area contributed by atoms with Crippen molar-refractivity contribution >= 4 is 60.6 Å². The number of nitrogens with one attached hydrogen (secondary N) is 1. The number of hydrogen-bond donors (Lipinski definition) is 2. The van der Waals surface area contributed by atoms with Crippen LogP contribution in [-0.2, 0) is 0 Å². The molecule has 0 aromatic heterocycles.